The topological polar surface area (TPSA) is 78.4 Å². The summed E-state index contributed by atoms with van der Waals surface area (Å²) in [5, 5.41) is 0. The summed E-state index contributed by atoms with van der Waals surface area (Å²) < 4.78 is 13.2. The number of nitrogens with zero attached hydrogens (tertiary/aromatic N) is 4. The van der Waals surface area contributed by atoms with Crippen molar-refractivity contribution in [3.63, 3.8) is 0 Å². The van der Waals surface area contributed by atoms with Gasteiger partial charge in [-0.3, -0.25) is 0 Å². The van der Waals surface area contributed by atoms with Crippen LogP contribution in [0.1, 0.15) is 11.5 Å². The van der Waals surface area contributed by atoms with Crippen LogP contribution in [0.4, 0.5) is 11.5 Å². The van der Waals surface area contributed by atoms with E-state index in [2.05, 4.69) is 19.4 Å². The molecular weight excluding hydrogens is 294 g/mol. The number of nitrogen functional groups attached to an aromatic ring is 1. The molecule has 3 heterocycles. The quantitative estimate of drug-likeness (QED) is 0.892. The van der Waals surface area contributed by atoms with Gasteiger partial charge in [-0.2, -0.15) is 4.98 Å². The third kappa shape index (κ3) is 3.73. The Labute approximate surface area is 136 Å². The molecule has 0 spiro atoms. The van der Waals surface area contributed by atoms with E-state index in [9.17, 15) is 0 Å². The summed E-state index contributed by atoms with van der Waals surface area (Å²) in [6.45, 7) is 5.71. The molecule has 7 nitrogen and oxygen atoms in total. The molecule has 1 aliphatic rings. The van der Waals surface area contributed by atoms with Crippen molar-refractivity contribution in [3.8, 4) is 5.88 Å². The first-order valence-corrected chi connectivity index (χ1v) is 7.84. The van der Waals surface area contributed by atoms with E-state index >= 15 is 0 Å². The Bertz CT molecular complexity index is 664. The highest BCUT2D eigenvalue weighted by Gasteiger charge is 2.13. The van der Waals surface area contributed by atoms with Gasteiger partial charge < -0.3 is 24.7 Å². The van der Waals surface area contributed by atoms with E-state index in [0.717, 1.165) is 49.9 Å². The van der Waals surface area contributed by atoms with Gasteiger partial charge in [0, 0.05) is 56.3 Å². The fourth-order valence-electron chi connectivity index (χ4n) is 2.63. The van der Waals surface area contributed by atoms with E-state index in [0.29, 0.717) is 18.3 Å². The summed E-state index contributed by atoms with van der Waals surface area (Å²) in [6.07, 6.45) is 2.66. The van der Waals surface area contributed by atoms with E-state index in [1.54, 1.807) is 0 Å². The summed E-state index contributed by atoms with van der Waals surface area (Å²) in [5.41, 5.74) is 8.09. The summed E-state index contributed by atoms with van der Waals surface area (Å²) >= 11 is 0. The maximum absolute atomic E-state index is 5.91. The zero-order valence-corrected chi connectivity index (χ0v) is 13.7. The van der Waals surface area contributed by atoms with Gasteiger partial charge in [0.05, 0.1) is 19.8 Å². The molecule has 0 radical (unpaired) electrons. The fraction of sp³-hybridized carbons (Fsp3) is 0.500. The maximum atomic E-state index is 5.91. The number of hydrogen-bond donors (Lipinski definition) is 1. The molecule has 1 saturated heterocycles. The Kier molecular flexibility index (Phi) is 4.66. The molecule has 0 aliphatic carbocycles. The predicted octanol–water partition coefficient (Wildman–Crippen LogP) is 1.16. The molecule has 23 heavy (non-hydrogen) atoms. The molecule has 2 aromatic heterocycles. The van der Waals surface area contributed by atoms with Gasteiger partial charge in [-0.1, -0.05) is 0 Å². The zero-order valence-electron chi connectivity index (χ0n) is 13.7. The number of hydrogen-bond acceptors (Lipinski definition) is 6. The van der Waals surface area contributed by atoms with Crippen molar-refractivity contribution >= 4 is 11.5 Å². The number of aryl methyl sites for hydroxylation is 1. The lowest BCUT2D eigenvalue weighted by Gasteiger charge is -2.29. The van der Waals surface area contributed by atoms with E-state index < -0.39 is 0 Å². The minimum absolute atomic E-state index is 0.473. The number of morpholine rings is 1. The van der Waals surface area contributed by atoms with Crippen LogP contribution in [0.5, 0.6) is 5.88 Å². The van der Waals surface area contributed by atoms with Crippen LogP contribution in [0.15, 0.2) is 18.3 Å². The average molecular weight is 317 g/mol. The van der Waals surface area contributed by atoms with Crippen LogP contribution in [-0.4, -0.2) is 47.4 Å². The molecule has 0 amide bonds. The lowest BCUT2D eigenvalue weighted by molar-refractivity contribution is 0.122. The summed E-state index contributed by atoms with van der Waals surface area (Å²) in [4.78, 5) is 10.8. The van der Waals surface area contributed by atoms with Crippen molar-refractivity contribution < 1.29 is 9.47 Å². The summed E-state index contributed by atoms with van der Waals surface area (Å²) in [6, 6.07) is 3.82. The standard InChI is InChI=1S/C16H23N5O2/c1-12-18-11-13(20(12)2)3-6-23-16-10-14(9-15(17)19-16)21-4-7-22-8-5-21/h9-11H,3-8H2,1-2H3,(H2,17,19). The van der Waals surface area contributed by atoms with Crippen molar-refractivity contribution in [2.45, 2.75) is 13.3 Å². The first-order valence-electron chi connectivity index (χ1n) is 7.84. The van der Waals surface area contributed by atoms with Crippen LogP contribution in [0.3, 0.4) is 0 Å². The summed E-state index contributed by atoms with van der Waals surface area (Å²) in [5.74, 6) is 2.03. The smallest absolute Gasteiger partial charge is 0.217 e. The number of nitrogens with two attached hydrogens (primary N) is 1. The number of anilines is 2. The Hall–Kier alpha value is -2.28. The van der Waals surface area contributed by atoms with Crippen LogP contribution in [0.2, 0.25) is 0 Å². The van der Waals surface area contributed by atoms with E-state index in [-0.39, 0.29) is 0 Å². The minimum Gasteiger partial charge on any atom is -0.477 e. The molecule has 0 aromatic carbocycles. The monoisotopic (exact) mass is 317 g/mol. The molecule has 1 aliphatic heterocycles. The largest absolute Gasteiger partial charge is 0.477 e. The van der Waals surface area contributed by atoms with Gasteiger partial charge in [0.1, 0.15) is 11.6 Å². The van der Waals surface area contributed by atoms with Gasteiger partial charge in [0.25, 0.3) is 0 Å². The molecule has 0 atom stereocenters. The van der Waals surface area contributed by atoms with Crippen molar-refractivity contribution in [1.82, 2.24) is 14.5 Å². The van der Waals surface area contributed by atoms with Gasteiger partial charge in [-0.15, -0.1) is 0 Å². The highest BCUT2D eigenvalue weighted by molar-refractivity contribution is 5.55. The zero-order chi connectivity index (χ0) is 16.2. The number of rotatable bonds is 5. The van der Waals surface area contributed by atoms with Crippen molar-refractivity contribution in [2.24, 2.45) is 7.05 Å². The fourth-order valence-corrected chi connectivity index (χ4v) is 2.63. The second-order valence-corrected chi connectivity index (χ2v) is 5.64. The van der Waals surface area contributed by atoms with Crippen LogP contribution >= 0.6 is 0 Å². The van der Waals surface area contributed by atoms with E-state index in [1.807, 2.05) is 32.3 Å². The van der Waals surface area contributed by atoms with Crippen LogP contribution in [0.25, 0.3) is 0 Å². The predicted molar refractivity (Wildman–Crippen MR) is 88.8 cm³/mol. The van der Waals surface area contributed by atoms with Gasteiger partial charge in [-0.05, 0) is 6.92 Å². The molecule has 2 N–H and O–H groups in total. The molecule has 0 unspecified atom stereocenters. The first-order chi connectivity index (χ1) is 11.1. The van der Waals surface area contributed by atoms with Gasteiger partial charge in [0.15, 0.2) is 0 Å². The van der Waals surface area contributed by atoms with Crippen molar-refractivity contribution in [3.05, 3.63) is 29.8 Å². The lowest BCUT2D eigenvalue weighted by atomic mass is 10.3. The van der Waals surface area contributed by atoms with Gasteiger partial charge in [-0.25, -0.2) is 4.98 Å². The van der Waals surface area contributed by atoms with E-state index in [1.165, 1.54) is 0 Å². The molecule has 0 saturated carbocycles. The normalized spacial score (nSPS) is 15.0. The molecule has 0 bridgehead atoms. The third-order valence-electron chi connectivity index (χ3n) is 4.11. The molecule has 2 aromatic rings. The number of aromatic nitrogens is 3. The Morgan fingerprint density at radius 1 is 1.30 bits per heavy atom. The molecule has 1 fully saturated rings. The van der Waals surface area contributed by atoms with E-state index in [4.69, 9.17) is 15.2 Å². The highest BCUT2D eigenvalue weighted by Crippen LogP contribution is 2.23. The Balaban J connectivity index is 1.63. The van der Waals surface area contributed by atoms with Crippen LogP contribution in [0, 0.1) is 6.92 Å². The SMILES string of the molecule is Cc1ncc(CCOc2cc(N3CCOCC3)cc(N)n2)n1C. The maximum Gasteiger partial charge on any atom is 0.217 e. The first kappa shape index (κ1) is 15.6. The number of imidazole rings is 1. The minimum atomic E-state index is 0.473. The molecular formula is C16H23N5O2. The van der Waals surface area contributed by atoms with Crippen LogP contribution < -0.4 is 15.4 Å². The Morgan fingerprint density at radius 2 is 2.09 bits per heavy atom. The lowest BCUT2D eigenvalue weighted by Crippen LogP contribution is -2.36. The second kappa shape index (κ2) is 6.87. The number of ether oxygens (including phenoxy) is 2. The number of pyridine rings is 1. The second-order valence-electron chi connectivity index (χ2n) is 5.64. The van der Waals surface area contributed by atoms with Crippen LogP contribution in [-0.2, 0) is 18.2 Å². The van der Waals surface area contributed by atoms with Crippen molar-refractivity contribution in [2.75, 3.05) is 43.5 Å². The van der Waals surface area contributed by atoms with Crippen molar-refractivity contribution in [1.29, 1.82) is 0 Å². The molecule has 3 rings (SSSR count). The molecule has 124 valence electrons. The third-order valence-corrected chi connectivity index (χ3v) is 4.11. The summed E-state index contributed by atoms with van der Waals surface area (Å²) in [7, 11) is 2.01. The van der Waals surface area contributed by atoms with Gasteiger partial charge >= 0.3 is 0 Å². The molecule has 7 heteroatoms. The highest BCUT2D eigenvalue weighted by atomic mass is 16.5. The Morgan fingerprint density at radius 3 is 2.78 bits per heavy atom. The van der Waals surface area contributed by atoms with Gasteiger partial charge in [0.2, 0.25) is 5.88 Å². The average Bonchev–Trinajstić information content (AvgIpc) is 2.87.